The SMILES string of the molecule is COc1cc(NC(=O)CCN2C(=O)c3ccccc3N3C(=O)c4ccccc4[C@@H]23)cc(OC)c1OC. The molecule has 3 aromatic carbocycles. The first-order chi connectivity index (χ1) is 17.5. The molecule has 5 rings (SSSR count). The Morgan fingerprint density at radius 3 is 2.17 bits per heavy atom. The quantitative estimate of drug-likeness (QED) is 0.544. The van der Waals surface area contributed by atoms with Gasteiger partial charge in [-0.3, -0.25) is 19.3 Å². The Balaban J connectivity index is 1.40. The predicted molar refractivity (Wildman–Crippen MR) is 133 cm³/mol. The third kappa shape index (κ3) is 3.69. The third-order valence-corrected chi connectivity index (χ3v) is 6.41. The van der Waals surface area contributed by atoms with Crippen molar-refractivity contribution in [1.82, 2.24) is 4.90 Å². The first-order valence-electron chi connectivity index (χ1n) is 11.4. The highest BCUT2D eigenvalue weighted by Crippen LogP contribution is 2.45. The lowest BCUT2D eigenvalue weighted by Crippen LogP contribution is -2.48. The van der Waals surface area contributed by atoms with Crippen LogP contribution in [0.25, 0.3) is 0 Å². The summed E-state index contributed by atoms with van der Waals surface area (Å²) >= 11 is 0. The van der Waals surface area contributed by atoms with Gasteiger partial charge in [0.1, 0.15) is 6.17 Å². The van der Waals surface area contributed by atoms with Crippen molar-refractivity contribution in [3.8, 4) is 17.2 Å². The van der Waals surface area contributed by atoms with Crippen LogP contribution in [-0.2, 0) is 4.79 Å². The van der Waals surface area contributed by atoms with Gasteiger partial charge in [-0.05, 0) is 18.2 Å². The molecule has 3 amide bonds. The maximum absolute atomic E-state index is 13.5. The van der Waals surface area contributed by atoms with Crippen LogP contribution >= 0.6 is 0 Å². The molecule has 1 N–H and O–H groups in total. The number of rotatable bonds is 7. The smallest absolute Gasteiger partial charge is 0.260 e. The number of nitrogens with zero attached hydrogens (tertiary/aromatic N) is 2. The molecule has 0 saturated carbocycles. The second kappa shape index (κ2) is 9.26. The molecule has 0 aromatic heterocycles. The summed E-state index contributed by atoms with van der Waals surface area (Å²) in [5.74, 6) is 0.540. The molecule has 1 atom stereocenters. The van der Waals surface area contributed by atoms with Crippen LogP contribution in [0.15, 0.2) is 60.7 Å². The second-order valence-corrected chi connectivity index (χ2v) is 8.36. The maximum atomic E-state index is 13.5. The molecule has 9 heteroatoms. The zero-order valence-electron chi connectivity index (χ0n) is 20.1. The highest BCUT2D eigenvalue weighted by Gasteiger charge is 2.47. The molecule has 36 heavy (non-hydrogen) atoms. The summed E-state index contributed by atoms with van der Waals surface area (Å²) in [4.78, 5) is 42.9. The van der Waals surface area contributed by atoms with Gasteiger partial charge in [0.2, 0.25) is 11.7 Å². The van der Waals surface area contributed by atoms with E-state index in [1.165, 1.54) is 21.3 Å². The highest BCUT2D eigenvalue weighted by molar-refractivity contribution is 6.16. The summed E-state index contributed by atoms with van der Waals surface area (Å²) in [6.45, 7) is 0.117. The molecule has 0 bridgehead atoms. The van der Waals surface area contributed by atoms with Crippen molar-refractivity contribution in [2.75, 3.05) is 38.1 Å². The van der Waals surface area contributed by atoms with Gasteiger partial charge in [-0.25, -0.2) is 0 Å². The van der Waals surface area contributed by atoms with Gasteiger partial charge in [0.05, 0.1) is 32.6 Å². The fourth-order valence-corrected chi connectivity index (χ4v) is 4.80. The Morgan fingerprint density at radius 2 is 1.50 bits per heavy atom. The average Bonchev–Trinajstić information content (AvgIpc) is 3.20. The summed E-state index contributed by atoms with van der Waals surface area (Å²) in [7, 11) is 4.49. The normalized spacial score (nSPS) is 15.7. The van der Waals surface area contributed by atoms with Gasteiger partial charge in [-0.15, -0.1) is 0 Å². The number of ether oxygens (including phenoxy) is 3. The van der Waals surface area contributed by atoms with Crippen LogP contribution in [0.3, 0.4) is 0 Å². The summed E-state index contributed by atoms with van der Waals surface area (Å²) in [6.07, 6.45) is -0.587. The van der Waals surface area contributed by atoms with Crippen LogP contribution in [0, 0.1) is 0 Å². The van der Waals surface area contributed by atoms with Crippen molar-refractivity contribution in [1.29, 1.82) is 0 Å². The molecule has 0 unspecified atom stereocenters. The molecular weight excluding hydrogens is 462 g/mol. The molecule has 0 radical (unpaired) electrons. The number of amides is 3. The van der Waals surface area contributed by atoms with Gasteiger partial charge in [0, 0.05) is 41.9 Å². The molecule has 2 heterocycles. The zero-order chi connectivity index (χ0) is 25.4. The van der Waals surface area contributed by atoms with Crippen molar-refractivity contribution >= 4 is 29.1 Å². The zero-order valence-corrected chi connectivity index (χ0v) is 20.1. The largest absolute Gasteiger partial charge is 0.493 e. The summed E-state index contributed by atoms with van der Waals surface area (Å²) < 4.78 is 16.0. The summed E-state index contributed by atoms with van der Waals surface area (Å²) in [5.41, 5.74) is 2.77. The summed E-state index contributed by atoms with van der Waals surface area (Å²) in [5, 5.41) is 2.83. The van der Waals surface area contributed by atoms with Gasteiger partial charge in [-0.2, -0.15) is 0 Å². The minimum Gasteiger partial charge on any atom is -0.493 e. The number of para-hydroxylation sites is 1. The van der Waals surface area contributed by atoms with Crippen LogP contribution in [0.4, 0.5) is 11.4 Å². The average molecular weight is 488 g/mol. The standard InChI is InChI=1S/C27H25N3O6/c1-34-21-14-16(15-22(35-2)24(21)36-3)28-23(31)12-13-29-25-17-8-4-5-9-18(17)27(33)30(25)20-11-7-6-10-19(20)26(29)32/h4-11,14-15,25H,12-13H2,1-3H3,(H,28,31)/t25-/m0/s1. The van der Waals surface area contributed by atoms with E-state index >= 15 is 0 Å². The molecule has 184 valence electrons. The van der Waals surface area contributed by atoms with Crippen LogP contribution in [0.1, 0.15) is 38.9 Å². The number of hydrogen-bond acceptors (Lipinski definition) is 6. The third-order valence-electron chi connectivity index (χ3n) is 6.41. The Morgan fingerprint density at radius 1 is 0.861 bits per heavy atom. The molecule has 0 fully saturated rings. The number of hydrogen-bond donors (Lipinski definition) is 1. The van der Waals surface area contributed by atoms with E-state index < -0.39 is 6.17 Å². The number of carbonyl (C=O) groups is 3. The number of anilines is 2. The lowest BCUT2D eigenvalue weighted by atomic mass is 10.0. The van der Waals surface area contributed by atoms with E-state index in [1.54, 1.807) is 58.3 Å². The lowest BCUT2D eigenvalue weighted by molar-refractivity contribution is -0.116. The van der Waals surface area contributed by atoms with E-state index in [0.29, 0.717) is 39.8 Å². The van der Waals surface area contributed by atoms with E-state index in [1.807, 2.05) is 12.1 Å². The maximum Gasteiger partial charge on any atom is 0.260 e. The van der Waals surface area contributed by atoms with E-state index in [9.17, 15) is 14.4 Å². The predicted octanol–water partition coefficient (Wildman–Crippen LogP) is 3.86. The molecule has 3 aromatic rings. The van der Waals surface area contributed by atoms with Crippen molar-refractivity contribution < 1.29 is 28.6 Å². The van der Waals surface area contributed by atoms with Gasteiger partial charge in [0.25, 0.3) is 11.8 Å². The first-order valence-corrected chi connectivity index (χ1v) is 11.4. The first kappa shape index (κ1) is 23.2. The van der Waals surface area contributed by atoms with Gasteiger partial charge in [0.15, 0.2) is 11.5 Å². The number of benzene rings is 3. The highest BCUT2D eigenvalue weighted by atomic mass is 16.5. The monoisotopic (exact) mass is 487 g/mol. The van der Waals surface area contributed by atoms with Gasteiger partial charge < -0.3 is 24.4 Å². The van der Waals surface area contributed by atoms with Crippen molar-refractivity contribution in [2.24, 2.45) is 0 Å². The minimum atomic E-state index is -0.606. The second-order valence-electron chi connectivity index (χ2n) is 8.36. The number of fused-ring (bicyclic) bond motifs is 5. The minimum absolute atomic E-state index is 0.0191. The molecule has 0 spiro atoms. The van der Waals surface area contributed by atoms with Crippen LogP contribution in [0.2, 0.25) is 0 Å². The van der Waals surface area contributed by atoms with Crippen LogP contribution in [0.5, 0.6) is 17.2 Å². The fourth-order valence-electron chi connectivity index (χ4n) is 4.80. The number of nitrogens with one attached hydrogen (secondary N) is 1. The van der Waals surface area contributed by atoms with E-state index in [0.717, 1.165) is 5.56 Å². The number of carbonyl (C=O) groups excluding carboxylic acids is 3. The summed E-state index contributed by atoms with van der Waals surface area (Å²) in [6, 6.07) is 17.6. The van der Waals surface area contributed by atoms with E-state index in [4.69, 9.17) is 14.2 Å². The van der Waals surface area contributed by atoms with E-state index in [-0.39, 0.29) is 30.7 Å². The van der Waals surface area contributed by atoms with Crippen LogP contribution in [-0.4, -0.2) is 50.5 Å². The molecule has 0 saturated heterocycles. The van der Waals surface area contributed by atoms with Crippen molar-refractivity contribution in [3.63, 3.8) is 0 Å². The Hall–Kier alpha value is -4.53. The molecule has 2 aliphatic heterocycles. The Labute approximate surface area is 208 Å². The van der Waals surface area contributed by atoms with Gasteiger partial charge in [-0.1, -0.05) is 30.3 Å². The fraction of sp³-hybridized carbons (Fsp3) is 0.222. The molecular formula is C27H25N3O6. The van der Waals surface area contributed by atoms with Crippen LogP contribution < -0.4 is 24.4 Å². The topological polar surface area (TPSA) is 97.4 Å². The number of methoxy groups -OCH3 is 3. The molecule has 0 aliphatic carbocycles. The van der Waals surface area contributed by atoms with E-state index in [2.05, 4.69) is 5.32 Å². The van der Waals surface area contributed by atoms with Crippen molar-refractivity contribution in [2.45, 2.75) is 12.6 Å². The Bertz CT molecular complexity index is 1350. The lowest BCUT2D eigenvalue weighted by Gasteiger charge is -2.40. The molecule has 2 aliphatic rings. The Kier molecular flexibility index (Phi) is 5.97. The van der Waals surface area contributed by atoms with Gasteiger partial charge >= 0.3 is 0 Å². The van der Waals surface area contributed by atoms with Crippen molar-refractivity contribution in [3.05, 3.63) is 77.4 Å². The molecule has 9 nitrogen and oxygen atoms in total.